The molecule has 0 fully saturated rings. The van der Waals surface area contributed by atoms with Crippen molar-refractivity contribution in [3.05, 3.63) is 64.9 Å². The lowest BCUT2D eigenvalue weighted by Crippen LogP contribution is -2.14. The molecule has 0 unspecified atom stereocenters. The number of aryl methyl sites for hydroxylation is 1. The van der Waals surface area contributed by atoms with Crippen LogP contribution >= 0.6 is 27.7 Å². The molecule has 122 valence electrons. The number of benzene rings is 2. The van der Waals surface area contributed by atoms with Gasteiger partial charge in [-0.15, -0.1) is 5.10 Å². The molecule has 24 heavy (non-hydrogen) atoms. The average molecular weight is 403 g/mol. The number of amides is 1. The van der Waals surface area contributed by atoms with Gasteiger partial charge >= 0.3 is 0 Å². The number of anilines is 1. The van der Waals surface area contributed by atoms with Gasteiger partial charge in [-0.3, -0.25) is 4.79 Å². The SMILES string of the molecule is Cc1cc(NC(=O)CSc2ncn(-c3ccccc3)n2)ccc1Br. The van der Waals surface area contributed by atoms with Crippen molar-refractivity contribution >= 4 is 39.3 Å². The maximum absolute atomic E-state index is 12.1. The maximum Gasteiger partial charge on any atom is 0.234 e. The molecule has 3 rings (SSSR count). The minimum atomic E-state index is -0.0854. The van der Waals surface area contributed by atoms with E-state index in [9.17, 15) is 4.79 Å². The molecule has 2 aromatic carbocycles. The van der Waals surface area contributed by atoms with Crippen LogP contribution in [0.15, 0.2) is 64.5 Å². The monoisotopic (exact) mass is 402 g/mol. The molecule has 0 atom stereocenters. The standard InChI is InChI=1S/C17H15BrN4OS/c1-12-9-13(7-8-15(12)18)20-16(23)10-24-17-19-11-22(21-17)14-5-3-2-4-6-14/h2-9,11H,10H2,1H3,(H,20,23). The highest BCUT2D eigenvalue weighted by Crippen LogP contribution is 2.20. The molecule has 0 spiro atoms. The van der Waals surface area contributed by atoms with Crippen molar-refractivity contribution in [2.45, 2.75) is 12.1 Å². The Labute approximate surface area is 152 Å². The number of carbonyl (C=O) groups is 1. The zero-order chi connectivity index (χ0) is 16.9. The molecule has 3 aromatic rings. The molecule has 0 saturated heterocycles. The van der Waals surface area contributed by atoms with E-state index in [1.807, 2.05) is 55.5 Å². The smallest absolute Gasteiger partial charge is 0.234 e. The lowest BCUT2D eigenvalue weighted by atomic mass is 10.2. The van der Waals surface area contributed by atoms with Crippen molar-refractivity contribution in [3.63, 3.8) is 0 Å². The normalized spacial score (nSPS) is 10.6. The number of nitrogens with one attached hydrogen (secondary N) is 1. The topological polar surface area (TPSA) is 59.8 Å². The molecular weight excluding hydrogens is 388 g/mol. The number of thioether (sulfide) groups is 1. The van der Waals surface area contributed by atoms with Crippen LogP contribution < -0.4 is 5.32 Å². The van der Waals surface area contributed by atoms with Crippen molar-refractivity contribution in [2.75, 3.05) is 11.1 Å². The number of halogens is 1. The minimum absolute atomic E-state index is 0.0854. The average Bonchev–Trinajstić information content (AvgIpc) is 3.06. The van der Waals surface area contributed by atoms with E-state index in [0.29, 0.717) is 5.16 Å². The highest BCUT2D eigenvalue weighted by atomic mass is 79.9. The number of nitrogens with zero attached hydrogens (tertiary/aromatic N) is 3. The molecule has 0 bridgehead atoms. The van der Waals surface area contributed by atoms with E-state index in [4.69, 9.17) is 0 Å². The molecular formula is C17H15BrN4OS. The first-order valence-electron chi connectivity index (χ1n) is 7.28. The lowest BCUT2D eigenvalue weighted by molar-refractivity contribution is -0.113. The van der Waals surface area contributed by atoms with Crippen molar-refractivity contribution in [2.24, 2.45) is 0 Å². The van der Waals surface area contributed by atoms with Gasteiger partial charge in [0.15, 0.2) is 0 Å². The van der Waals surface area contributed by atoms with Gasteiger partial charge in [-0.2, -0.15) is 0 Å². The molecule has 0 aliphatic heterocycles. The molecule has 1 amide bonds. The fourth-order valence-corrected chi connectivity index (χ4v) is 2.92. The third-order valence-electron chi connectivity index (χ3n) is 3.27. The van der Waals surface area contributed by atoms with Crippen LogP contribution in [0.2, 0.25) is 0 Å². The van der Waals surface area contributed by atoms with Crippen LogP contribution in [0, 0.1) is 6.92 Å². The van der Waals surface area contributed by atoms with Gasteiger partial charge in [0.2, 0.25) is 11.1 Å². The Morgan fingerprint density at radius 2 is 2.04 bits per heavy atom. The summed E-state index contributed by atoms with van der Waals surface area (Å²) in [5.41, 5.74) is 2.79. The van der Waals surface area contributed by atoms with E-state index in [-0.39, 0.29) is 11.7 Å². The van der Waals surface area contributed by atoms with Crippen molar-refractivity contribution < 1.29 is 4.79 Å². The Bertz CT molecular complexity index is 851. The summed E-state index contributed by atoms with van der Waals surface area (Å²) in [6.45, 7) is 1.98. The third kappa shape index (κ3) is 4.24. The Hall–Kier alpha value is -2.12. The molecule has 0 saturated carbocycles. The zero-order valence-corrected chi connectivity index (χ0v) is 15.3. The maximum atomic E-state index is 12.1. The number of hydrogen-bond acceptors (Lipinski definition) is 4. The van der Waals surface area contributed by atoms with Gasteiger partial charge in [-0.25, -0.2) is 9.67 Å². The highest BCUT2D eigenvalue weighted by molar-refractivity contribution is 9.10. The second-order valence-corrected chi connectivity index (χ2v) is 6.90. The van der Waals surface area contributed by atoms with Gasteiger partial charge in [-0.1, -0.05) is 45.9 Å². The van der Waals surface area contributed by atoms with Gasteiger partial charge in [-0.05, 0) is 42.8 Å². The van der Waals surface area contributed by atoms with E-state index < -0.39 is 0 Å². The predicted molar refractivity (Wildman–Crippen MR) is 99.6 cm³/mol. The van der Waals surface area contributed by atoms with E-state index >= 15 is 0 Å². The summed E-state index contributed by atoms with van der Waals surface area (Å²) in [5.74, 6) is 0.172. The van der Waals surface area contributed by atoms with Crippen LogP contribution in [0.5, 0.6) is 0 Å². The minimum Gasteiger partial charge on any atom is -0.325 e. The zero-order valence-electron chi connectivity index (χ0n) is 12.9. The molecule has 0 aliphatic carbocycles. The highest BCUT2D eigenvalue weighted by Gasteiger charge is 2.08. The summed E-state index contributed by atoms with van der Waals surface area (Å²) in [7, 11) is 0. The van der Waals surface area contributed by atoms with E-state index in [1.165, 1.54) is 11.8 Å². The molecule has 0 aliphatic rings. The van der Waals surface area contributed by atoms with E-state index in [1.54, 1.807) is 11.0 Å². The number of para-hydroxylation sites is 1. The summed E-state index contributed by atoms with van der Waals surface area (Å²) < 4.78 is 2.71. The van der Waals surface area contributed by atoms with Crippen LogP contribution in [0.3, 0.4) is 0 Å². The summed E-state index contributed by atoms with van der Waals surface area (Å²) in [4.78, 5) is 16.3. The molecule has 1 heterocycles. The molecule has 1 aromatic heterocycles. The first-order valence-corrected chi connectivity index (χ1v) is 9.05. The molecule has 7 heteroatoms. The number of hydrogen-bond donors (Lipinski definition) is 1. The largest absolute Gasteiger partial charge is 0.325 e. The van der Waals surface area contributed by atoms with Crippen LogP contribution in [-0.4, -0.2) is 26.4 Å². The van der Waals surface area contributed by atoms with E-state index in [2.05, 4.69) is 31.3 Å². The van der Waals surface area contributed by atoms with Crippen LogP contribution in [0.4, 0.5) is 5.69 Å². The summed E-state index contributed by atoms with van der Waals surface area (Å²) >= 11 is 4.75. The summed E-state index contributed by atoms with van der Waals surface area (Å²) in [5, 5.41) is 7.81. The summed E-state index contributed by atoms with van der Waals surface area (Å²) in [6, 6.07) is 15.4. The Kier molecular flexibility index (Phi) is 5.32. The number of rotatable bonds is 5. The van der Waals surface area contributed by atoms with Gasteiger partial charge in [0.1, 0.15) is 6.33 Å². The lowest BCUT2D eigenvalue weighted by Gasteiger charge is -2.06. The van der Waals surface area contributed by atoms with Gasteiger partial charge in [0.25, 0.3) is 0 Å². The van der Waals surface area contributed by atoms with Gasteiger partial charge < -0.3 is 5.32 Å². The first-order chi connectivity index (χ1) is 11.6. The van der Waals surface area contributed by atoms with Crippen LogP contribution in [-0.2, 0) is 4.79 Å². The first kappa shape index (κ1) is 16.7. The predicted octanol–water partition coefficient (Wildman–Crippen LogP) is 4.07. The van der Waals surface area contributed by atoms with Gasteiger partial charge in [0.05, 0.1) is 11.4 Å². The Morgan fingerprint density at radius 3 is 2.79 bits per heavy atom. The van der Waals surface area contributed by atoms with Crippen molar-refractivity contribution in [1.82, 2.24) is 14.8 Å². The van der Waals surface area contributed by atoms with Crippen molar-refractivity contribution in [1.29, 1.82) is 0 Å². The fraction of sp³-hybridized carbons (Fsp3) is 0.118. The molecule has 5 nitrogen and oxygen atoms in total. The van der Waals surface area contributed by atoms with Gasteiger partial charge in [0, 0.05) is 10.2 Å². The van der Waals surface area contributed by atoms with Crippen LogP contribution in [0.25, 0.3) is 5.69 Å². The number of carbonyl (C=O) groups excluding carboxylic acids is 1. The quantitative estimate of drug-likeness (QED) is 0.653. The molecule has 0 radical (unpaired) electrons. The second kappa shape index (κ2) is 7.63. The van der Waals surface area contributed by atoms with Crippen molar-refractivity contribution in [3.8, 4) is 5.69 Å². The second-order valence-electron chi connectivity index (χ2n) is 5.11. The Balaban J connectivity index is 1.56. The fourth-order valence-electron chi connectivity index (χ4n) is 2.07. The summed E-state index contributed by atoms with van der Waals surface area (Å²) in [6.07, 6.45) is 1.65. The third-order valence-corrected chi connectivity index (χ3v) is 5.01. The number of aromatic nitrogens is 3. The molecule has 1 N–H and O–H groups in total. The Morgan fingerprint density at radius 1 is 1.25 bits per heavy atom. The van der Waals surface area contributed by atoms with Crippen LogP contribution in [0.1, 0.15) is 5.56 Å². The van der Waals surface area contributed by atoms with E-state index in [0.717, 1.165) is 21.4 Å².